The van der Waals surface area contributed by atoms with Gasteiger partial charge >= 0.3 is 0 Å². The zero-order valence-electron chi connectivity index (χ0n) is 20.3. The van der Waals surface area contributed by atoms with Crippen molar-refractivity contribution >= 4 is 59.1 Å². The van der Waals surface area contributed by atoms with E-state index in [2.05, 4.69) is 0 Å². The first kappa shape index (κ1) is 22.9. The zero-order chi connectivity index (χ0) is 25.4. The molecule has 36 heavy (non-hydrogen) atoms. The van der Waals surface area contributed by atoms with E-state index in [1.54, 1.807) is 48.2 Å². The molecule has 10 nitrogen and oxygen atoms in total. The summed E-state index contributed by atoms with van der Waals surface area (Å²) in [7, 11) is 7.34. The summed E-state index contributed by atoms with van der Waals surface area (Å²) in [5.41, 5.74) is 0.853. The Morgan fingerprint density at radius 1 is 0.472 bits per heavy atom. The summed E-state index contributed by atoms with van der Waals surface area (Å²) >= 11 is 0. The molecular weight excluding hydrogens is 456 g/mol. The molecular formula is C26H24N8O2. The molecule has 5 heterocycles. The number of nitrogens with zero attached hydrogens (tertiary/aromatic N) is 8. The first-order chi connectivity index (χ1) is 17.4. The van der Waals surface area contributed by atoms with E-state index in [0.717, 1.165) is 12.6 Å². The Morgan fingerprint density at radius 3 is 1.17 bits per heavy atom. The maximum atomic E-state index is 11.9. The summed E-state index contributed by atoms with van der Waals surface area (Å²) in [4.78, 5) is 50.1. The van der Waals surface area contributed by atoms with Gasteiger partial charge in [-0.15, -0.1) is 0 Å². The highest BCUT2D eigenvalue weighted by atomic mass is 16.1. The second-order valence-corrected chi connectivity index (χ2v) is 8.34. The summed E-state index contributed by atoms with van der Waals surface area (Å²) in [5.74, 6) is 4.61. The van der Waals surface area contributed by atoms with Gasteiger partial charge in [0, 0.05) is 28.2 Å². The molecule has 0 spiro atoms. The molecule has 0 saturated heterocycles. The van der Waals surface area contributed by atoms with Crippen LogP contribution in [0.3, 0.4) is 0 Å². The first-order valence-corrected chi connectivity index (χ1v) is 11.2. The normalized spacial score (nSPS) is 13.0. The van der Waals surface area contributed by atoms with E-state index in [1.807, 2.05) is 60.3 Å². The van der Waals surface area contributed by atoms with E-state index in [9.17, 15) is 9.59 Å². The van der Waals surface area contributed by atoms with Gasteiger partial charge in [-0.2, -0.15) is 0 Å². The van der Waals surface area contributed by atoms with E-state index in [-0.39, 0.29) is 0 Å². The molecule has 1 aliphatic rings. The number of carbonyl (C=O) groups is 2. The molecule has 8 bridgehead atoms. The number of rotatable bonds is 2. The third-order valence-corrected chi connectivity index (χ3v) is 6.17. The van der Waals surface area contributed by atoms with Crippen LogP contribution >= 0.6 is 0 Å². The number of aromatic nitrogens is 4. The number of aldehydes is 2. The Labute approximate surface area is 208 Å². The van der Waals surface area contributed by atoms with E-state index >= 15 is 0 Å². The van der Waals surface area contributed by atoms with Crippen molar-refractivity contribution in [1.29, 1.82) is 0 Å². The molecule has 0 saturated carbocycles. The average molecular weight is 481 g/mol. The predicted octanol–water partition coefficient (Wildman–Crippen LogP) is 4.28. The van der Waals surface area contributed by atoms with Crippen LogP contribution in [0.4, 0.5) is 46.5 Å². The van der Waals surface area contributed by atoms with E-state index in [1.165, 1.54) is 0 Å². The largest absolute Gasteiger partial charge is 0.314 e. The van der Waals surface area contributed by atoms with Gasteiger partial charge in [0.2, 0.25) is 0 Å². The van der Waals surface area contributed by atoms with Crippen molar-refractivity contribution < 1.29 is 9.59 Å². The molecule has 0 aliphatic carbocycles. The fourth-order valence-electron chi connectivity index (χ4n) is 4.02. The lowest BCUT2D eigenvalue weighted by Crippen LogP contribution is -2.22. The van der Waals surface area contributed by atoms with E-state index in [0.29, 0.717) is 57.7 Å². The Morgan fingerprint density at radius 2 is 0.806 bits per heavy atom. The summed E-state index contributed by atoms with van der Waals surface area (Å²) in [6.45, 7) is 0. The van der Waals surface area contributed by atoms with Gasteiger partial charge in [0.05, 0.1) is 11.1 Å². The average Bonchev–Trinajstić information content (AvgIpc) is 2.94. The monoisotopic (exact) mass is 480 g/mol. The van der Waals surface area contributed by atoms with Crippen LogP contribution in [0, 0.1) is 0 Å². The van der Waals surface area contributed by atoms with Gasteiger partial charge in [0.25, 0.3) is 0 Å². The Kier molecular flexibility index (Phi) is 5.77. The van der Waals surface area contributed by atoms with Crippen molar-refractivity contribution in [2.24, 2.45) is 0 Å². The minimum atomic E-state index is 0.426. The van der Waals surface area contributed by atoms with Crippen molar-refractivity contribution in [3.8, 4) is 0 Å². The van der Waals surface area contributed by atoms with Gasteiger partial charge in [-0.1, -0.05) is 12.1 Å². The van der Waals surface area contributed by atoms with Crippen LogP contribution in [0.15, 0.2) is 60.7 Å². The number of carbonyl (C=O) groups excluding carboxylic acids is 2. The van der Waals surface area contributed by atoms with Crippen LogP contribution in [0.25, 0.3) is 0 Å². The number of fused-ring (bicyclic) bond motifs is 8. The molecule has 4 aromatic heterocycles. The summed E-state index contributed by atoms with van der Waals surface area (Å²) in [6.07, 6.45) is 1.55. The van der Waals surface area contributed by atoms with Crippen molar-refractivity contribution in [3.05, 3.63) is 71.8 Å². The molecule has 0 amide bonds. The second kappa shape index (κ2) is 9.06. The fraction of sp³-hybridized carbons (Fsp3) is 0.154. The third kappa shape index (κ3) is 3.88. The van der Waals surface area contributed by atoms with Gasteiger partial charge in [-0.25, -0.2) is 19.9 Å². The first-order valence-electron chi connectivity index (χ1n) is 11.2. The Bertz CT molecular complexity index is 1370. The maximum absolute atomic E-state index is 11.9. The molecule has 4 aromatic rings. The molecule has 180 valence electrons. The standard InChI is InChI=1S/C26H24N8O2/c1-31-19-7-5-8-20(27-19)32(2)24-14-12-18(16-36)26(30-24)34(4)22-10-6-9-21(28-22)33(3)25-17(15-35)11-13-23(31)29-25/h5-16H,1-4H3. The lowest BCUT2D eigenvalue weighted by molar-refractivity contribution is 0.111. The third-order valence-electron chi connectivity index (χ3n) is 6.17. The Hall–Kier alpha value is -4.86. The van der Waals surface area contributed by atoms with Crippen LogP contribution in [-0.4, -0.2) is 60.7 Å². The topological polar surface area (TPSA) is 98.7 Å². The molecule has 0 radical (unpaired) electrons. The van der Waals surface area contributed by atoms with Gasteiger partial charge < -0.3 is 19.6 Å². The minimum Gasteiger partial charge on any atom is -0.314 e. The predicted molar refractivity (Wildman–Crippen MR) is 140 cm³/mol. The van der Waals surface area contributed by atoms with Gasteiger partial charge in [0.1, 0.15) is 46.5 Å². The smallest absolute Gasteiger partial charge is 0.153 e. The number of pyridine rings is 4. The SMILES string of the molecule is CN1c2cccc(n2)N(C)c2ccc(C=O)c(n2)N(C)c2cccc(n2)N(C)c2nc1ccc2C=O. The maximum Gasteiger partial charge on any atom is 0.153 e. The molecule has 0 N–H and O–H groups in total. The molecule has 0 fully saturated rings. The number of hydrogen-bond donors (Lipinski definition) is 0. The van der Waals surface area contributed by atoms with Crippen molar-refractivity contribution in [1.82, 2.24) is 19.9 Å². The lowest BCUT2D eigenvalue weighted by Gasteiger charge is -2.27. The summed E-state index contributed by atoms with van der Waals surface area (Å²) in [6, 6.07) is 18.2. The molecule has 0 atom stereocenters. The zero-order valence-corrected chi connectivity index (χ0v) is 20.3. The van der Waals surface area contributed by atoms with Crippen LogP contribution < -0.4 is 19.6 Å². The molecule has 5 rings (SSSR count). The highest BCUT2D eigenvalue weighted by Gasteiger charge is 2.20. The molecule has 10 heteroatoms. The van der Waals surface area contributed by atoms with E-state index in [4.69, 9.17) is 19.9 Å². The highest BCUT2D eigenvalue weighted by Crippen LogP contribution is 2.33. The fourth-order valence-corrected chi connectivity index (χ4v) is 4.02. The van der Waals surface area contributed by atoms with Crippen LogP contribution in [0.2, 0.25) is 0 Å². The Balaban J connectivity index is 1.77. The van der Waals surface area contributed by atoms with Crippen molar-refractivity contribution in [3.63, 3.8) is 0 Å². The van der Waals surface area contributed by atoms with Crippen LogP contribution in [0.5, 0.6) is 0 Å². The quantitative estimate of drug-likeness (QED) is 0.387. The summed E-state index contributed by atoms with van der Waals surface area (Å²) in [5, 5.41) is 0. The van der Waals surface area contributed by atoms with E-state index < -0.39 is 0 Å². The molecule has 1 aliphatic heterocycles. The van der Waals surface area contributed by atoms with Gasteiger partial charge in [-0.05, 0) is 48.5 Å². The van der Waals surface area contributed by atoms with Crippen LogP contribution in [0.1, 0.15) is 20.7 Å². The number of hydrogen-bond acceptors (Lipinski definition) is 10. The second-order valence-electron chi connectivity index (χ2n) is 8.34. The van der Waals surface area contributed by atoms with Gasteiger partial charge in [0.15, 0.2) is 12.6 Å². The summed E-state index contributed by atoms with van der Waals surface area (Å²) < 4.78 is 0. The lowest BCUT2D eigenvalue weighted by atomic mass is 10.2. The molecule has 0 aromatic carbocycles. The van der Waals surface area contributed by atoms with Crippen molar-refractivity contribution in [2.45, 2.75) is 0 Å². The van der Waals surface area contributed by atoms with Crippen molar-refractivity contribution in [2.75, 3.05) is 47.8 Å². The van der Waals surface area contributed by atoms with Gasteiger partial charge in [-0.3, -0.25) is 9.59 Å². The highest BCUT2D eigenvalue weighted by molar-refractivity contribution is 5.87. The molecule has 0 unspecified atom stereocenters. The minimum absolute atomic E-state index is 0.426. The number of anilines is 8. The van der Waals surface area contributed by atoms with Crippen LogP contribution in [-0.2, 0) is 0 Å².